The highest BCUT2D eigenvalue weighted by atomic mass is 32.2. The van der Waals surface area contributed by atoms with Crippen LogP contribution in [0.5, 0.6) is 0 Å². The highest BCUT2D eigenvalue weighted by Crippen LogP contribution is 2.23. The van der Waals surface area contributed by atoms with Crippen molar-refractivity contribution in [2.24, 2.45) is 5.73 Å². The second kappa shape index (κ2) is 7.75. The van der Waals surface area contributed by atoms with Gasteiger partial charge in [-0.2, -0.15) is 0 Å². The smallest absolute Gasteiger partial charge is 0.0318 e. The van der Waals surface area contributed by atoms with Gasteiger partial charge < -0.3 is 11.1 Å². The molecule has 3 N–H and O–H groups in total. The van der Waals surface area contributed by atoms with Crippen LogP contribution in [0, 0.1) is 0 Å². The van der Waals surface area contributed by atoms with Crippen LogP contribution in [0.1, 0.15) is 38.3 Å². The fourth-order valence-electron chi connectivity index (χ4n) is 1.87. The Hall–Kier alpha value is -0.510. The van der Waals surface area contributed by atoms with Crippen molar-refractivity contribution in [3.63, 3.8) is 0 Å². The molecule has 0 aromatic heterocycles. The summed E-state index contributed by atoms with van der Waals surface area (Å²) in [6.07, 6.45) is 2.14. The molecule has 0 saturated heterocycles. The first kappa shape index (κ1) is 14.6. The number of hydrogen-bond donors (Lipinski definition) is 2. The third kappa shape index (κ3) is 5.11. The zero-order valence-corrected chi connectivity index (χ0v) is 11.9. The fourth-order valence-corrected chi connectivity index (χ4v) is 2.53. The Labute approximate surface area is 109 Å². The summed E-state index contributed by atoms with van der Waals surface area (Å²) >= 11 is 1.88. The first-order valence-corrected chi connectivity index (χ1v) is 7.31. The van der Waals surface area contributed by atoms with Gasteiger partial charge in [-0.1, -0.05) is 19.1 Å². The lowest BCUT2D eigenvalue weighted by Crippen LogP contribution is -2.21. The van der Waals surface area contributed by atoms with Crippen LogP contribution in [-0.4, -0.2) is 18.8 Å². The summed E-state index contributed by atoms with van der Waals surface area (Å²) in [4.78, 5) is 1.35. The minimum Gasteiger partial charge on any atom is -0.328 e. The molecule has 0 radical (unpaired) electrons. The van der Waals surface area contributed by atoms with E-state index in [9.17, 15) is 0 Å². The van der Waals surface area contributed by atoms with E-state index in [4.69, 9.17) is 5.73 Å². The van der Waals surface area contributed by atoms with Gasteiger partial charge in [0.05, 0.1) is 0 Å². The highest BCUT2D eigenvalue weighted by molar-refractivity contribution is 7.99. The zero-order chi connectivity index (χ0) is 12.7. The van der Waals surface area contributed by atoms with Gasteiger partial charge in [0.25, 0.3) is 0 Å². The predicted molar refractivity (Wildman–Crippen MR) is 77.5 cm³/mol. The highest BCUT2D eigenvalue weighted by Gasteiger charge is 2.09. The topological polar surface area (TPSA) is 38.0 Å². The van der Waals surface area contributed by atoms with Gasteiger partial charge in [0.2, 0.25) is 0 Å². The Morgan fingerprint density at radius 2 is 1.88 bits per heavy atom. The molecular formula is C14H24N2S. The van der Waals surface area contributed by atoms with E-state index in [1.807, 2.05) is 18.8 Å². The maximum absolute atomic E-state index is 5.81. The van der Waals surface area contributed by atoms with Crippen molar-refractivity contribution in [1.82, 2.24) is 5.32 Å². The van der Waals surface area contributed by atoms with E-state index in [1.165, 1.54) is 10.5 Å². The number of rotatable bonds is 7. The third-order valence-electron chi connectivity index (χ3n) is 2.85. The normalized spacial score (nSPS) is 14.6. The van der Waals surface area contributed by atoms with Gasteiger partial charge in [0.1, 0.15) is 0 Å². The second-order valence-electron chi connectivity index (χ2n) is 4.40. The Balaban J connectivity index is 2.61. The first-order chi connectivity index (χ1) is 8.17. The Kier molecular flexibility index (Phi) is 6.63. The SMILES string of the molecule is CCSc1ccc(C(CCC(C)N)NC)cc1. The van der Waals surface area contributed by atoms with E-state index >= 15 is 0 Å². The summed E-state index contributed by atoms with van der Waals surface area (Å²) in [5, 5.41) is 3.36. The van der Waals surface area contributed by atoms with E-state index in [1.54, 1.807) is 0 Å². The van der Waals surface area contributed by atoms with Crippen LogP contribution in [0.2, 0.25) is 0 Å². The quantitative estimate of drug-likeness (QED) is 0.732. The first-order valence-electron chi connectivity index (χ1n) is 6.33. The number of hydrogen-bond acceptors (Lipinski definition) is 3. The number of thioether (sulfide) groups is 1. The van der Waals surface area contributed by atoms with Crippen molar-refractivity contribution in [3.05, 3.63) is 29.8 Å². The third-order valence-corrected chi connectivity index (χ3v) is 3.75. The van der Waals surface area contributed by atoms with Gasteiger partial charge in [0, 0.05) is 17.0 Å². The van der Waals surface area contributed by atoms with Crippen LogP contribution in [0.3, 0.4) is 0 Å². The van der Waals surface area contributed by atoms with Crippen molar-refractivity contribution >= 4 is 11.8 Å². The molecule has 0 saturated carbocycles. The predicted octanol–water partition coefficient (Wildman–Crippen LogP) is 3.19. The van der Waals surface area contributed by atoms with Gasteiger partial charge in [0.15, 0.2) is 0 Å². The number of nitrogens with two attached hydrogens (primary N) is 1. The van der Waals surface area contributed by atoms with Gasteiger partial charge in [-0.05, 0) is 50.3 Å². The van der Waals surface area contributed by atoms with Crippen LogP contribution in [0.15, 0.2) is 29.2 Å². The molecule has 0 aliphatic rings. The van der Waals surface area contributed by atoms with Crippen molar-refractivity contribution in [1.29, 1.82) is 0 Å². The molecule has 0 heterocycles. The van der Waals surface area contributed by atoms with Crippen LogP contribution in [-0.2, 0) is 0 Å². The van der Waals surface area contributed by atoms with Crippen LogP contribution >= 0.6 is 11.8 Å². The average Bonchev–Trinajstić information content (AvgIpc) is 2.32. The number of nitrogens with one attached hydrogen (secondary N) is 1. The van der Waals surface area contributed by atoms with Gasteiger partial charge in [-0.25, -0.2) is 0 Å². The van der Waals surface area contributed by atoms with E-state index in [0.29, 0.717) is 6.04 Å². The van der Waals surface area contributed by atoms with Crippen LogP contribution in [0.25, 0.3) is 0 Å². The summed E-state index contributed by atoms with van der Waals surface area (Å²) in [7, 11) is 2.01. The molecule has 1 aromatic carbocycles. The van der Waals surface area contributed by atoms with Gasteiger partial charge in [-0.3, -0.25) is 0 Å². The molecule has 2 atom stereocenters. The summed E-state index contributed by atoms with van der Waals surface area (Å²) in [5.41, 5.74) is 7.16. The molecule has 17 heavy (non-hydrogen) atoms. The van der Waals surface area contributed by atoms with Crippen LogP contribution < -0.4 is 11.1 Å². The molecule has 3 heteroatoms. The average molecular weight is 252 g/mol. The molecule has 0 fully saturated rings. The summed E-state index contributed by atoms with van der Waals surface area (Å²) in [6, 6.07) is 9.56. The molecule has 0 amide bonds. The molecule has 1 aromatic rings. The van der Waals surface area contributed by atoms with Crippen molar-refractivity contribution in [3.8, 4) is 0 Å². The van der Waals surface area contributed by atoms with E-state index in [0.717, 1.165) is 18.6 Å². The van der Waals surface area contributed by atoms with Crippen molar-refractivity contribution in [2.45, 2.75) is 43.7 Å². The summed E-state index contributed by atoms with van der Waals surface area (Å²) < 4.78 is 0. The Morgan fingerprint density at radius 3 is 2.35 bits per heavy atom. The standard InChI is InChI=1S/C14H24N2S/c1-4-17-13-8-6-12(7-9-13)14(16-3)10-5-11(2)15/h6-9,11,14,16H,4-5,10,15H2,1-3H3. The molecule has 2 nitrogen and oxygen atoms in total. The fraction of sp³-hybridized carbons (Fsp3) is 0.571. The molecule has 0 aliphatic carbocycles. The molecule has 2 unspecified atom stereocenters. The number of benzene rings is 1. The molecule has 1 rings (SSSR count). The maximum Gasteiger partial charge on any atom is 0.0318 e. The Bertz CT molecular complexity index is 309. The molecule has 0 spiro atoms. The maximum atomic E-state index is 5.81. The van der Waals surface area contributed by atoms with E-state index < -0.39 is 0 Å². The molecule has 0 bridgehead atoms. The van der Waals surface area contributed by atoms with E-state index in [2.05, 4.69) is 43.4 Å². The van der Waals surface area contributed by atoms with E-state index in [-0.39, 0.29) is 6.04 Å². The van der Waals surface area contributed by atoms with Gasteiger partial charge >= 0.3 is 0 Å². The van der Waals surface area contributed by atoms with Crippen molar-refractivity contribution < 1.29 is 0 Å². The molecule has 96 valence electrons. The Morgan fingerprint density at radius 1 is 1.24 bits per heavy atom. The lowest BCUT2D eigenvalue weighted by Gasteiger charge is -2.18. The summed E-state index contributed by atoms with van der Waals surface area (Å²) in [6.45, 7) is 4.24. The second-order valence-corrected chi connectivity index (χ2v) is 5.74. The largest absolute Gasteiger partial charge is 0.328 e. The lowest BCUT2D eigenvalue weighted by molar-refractivity contribution is 0.496. The summed E-state index contributed by atoms with van der Waals surface area (Å²) in [5.74, 6) is 1.12. The van der Waals surface area contributed by atoms with Gasteiger partial charge in [-0.15, -0.1) is 11.8 Å². The lowest BCUT2D eigenvalue weighted by atomic mass is 10.0. The monoisotopic (exact) mass is 252 g/mol. The minimum absolute atomic E-state index is 0.278. The van der Waals surface area contributed by atoms with Crippen LogP contribution in [0.4, 0.5) is 0 Å². The van der Waals surface area contributed by atoms with Crippen molar-refractivity contribution in [2.75, 3.05) is 12.8 Å². The molecular weight excluding hydrogens is 228 g/mol. The molecule has 0 aliphatic heterocycles. The minimum atomic E-state index is 0.278. The zero-order valence-electron chi connectivity index (χ0n) is 11.1.